The van der Waals surface area contributed by atoms with Crippen molar-refractivity contribution in [3.8, 4) is 17.1 Å². The maximum absolute atomic E-state index is 15.2. The van der Waals surface area contributed by atoms with Crippen molar-refractivity contribution in [1.82, 2.24) is 14.9 Å². The van der Waals surface area contributed by atoms with Crippen LogP contribution in [0, 0.1) is 11.7 Å². The van der Waals surface area contributed by atoms with Gasteiger partial charge in [-0.25, -0.2) is 9.37 Å². The fraction of sp³-hybridized carbons (Fsp3) is 0.162. The Kier molecular flexibility index (Phi) is 7.69. The summed E-state index contributed by atoms with van der Waals surface area (Å²) in [5.41, 5.74) is 6.74. The monoisotopic (exact) mass is 583 g/mol. The van der Waals surface area contributed by atoms with Crippen LogP contribution < -0.4 is 4.74 Å². The summed E-state index contributed by atoms with van der Waals surface area (Å²) in [5, 5.41) is 0. The number of esters is 1. The summed E-state index contributed by atoms with van der Waals surface area (Å²) in [6.07, 6.45) is 3.04. The number of fused-ring (bicyclic) bond motifs is 1. The Bertz CT molecular complexity index is 1900. The second kappa shape index (κ2) is 12.2. The molecule has 1 fully saturated rings. The Morgan fingerprint density at radius 3 is 2.20 bits per heavy atom. The maximum Gasteiger partial charge on any atom is 0.316 e. The molecule has 0 N–H and O–H groups in total. The highest BCUT2D eigenvalue weighted by Gasteiger charge is 2.34. The lowest BCUT2D eigenvalue weighted by molar-refractivity contribution is -0.144. The lowest BCUT2D eigenvalue weighted by Crippen LogP contribution is -2.50. The summed E-state index contributed by atoms with van der Waals surface area (Å²) >= 11 is 0. The van der Waals surface area contributed by atoms with Crippen LogP contribution in [0.15, 0.2) is 120 Å². The molecule has 7 rings (SSSR count). The Hall–Kier alpha value is -5.14. The smallest absolute Gasteiger partial charge is 0.316 e. The minimum absolute atomic E-state index is 0.224. The Balaban J connectivity index is 0.925. The van der Waals surface area contributed by atoms with Gasteiger partial charge in [-0.05, 0) is 53.1 Å². The molecular formula is C37H30FN3O3. The van der Waals surface area contributed by atoms with Gasteiger partial charge in [0.15, 0.2) is 5.58 Å². The molecule has 1 aliphatic heterocycles. The molecular weight excluding hydrogens is 553 g/mol. The second-order valence-corrected chi connectivity index (χ2v) is 11.2. The van der Waals surface area contributed by atoms with E-state index in [0.717, 1.165) is 29.8 Å². The lowest BCUT2D eigenvalue weighted by atomic mass is 9.99. The van der Waals surface area contributed by atoms with E-state index in [1.54, 1.807) is 24.4 Å². The van der Waals surface area contributed by atoms with Gasteiger partial charge in [0.2, 0.25) is 0 Å². The Labute approximate surface area is 254 Å². The molecule has 3 aromatic heterocycles. The first-order valence-electron chi connectivity index (χ1n) is 14.7. The summed E-state index contributed by atoms with van der Waals surface area (Å²) in [7, 11) is 0. The van der Waals surface area contributed by atoms with Crippen LogP contribution in [0.5, 0.6) is 5.75 Å². The standard InChI is InChI=1S/C37H30FN3O3/c38-33-19-27(11-15-32(33)36-20-34-35(44-36)16-13-30(40-34)18-26-9-5-2-6-10-26)22-41-23-28(24-41)37(42)43-31-14-12-29(39-21-31)17-25-7-3-1-4-8-25/h1-16,19-21,28H,17-18,22-24H2. The molecule has 0 bridgehead atoms. The average molecular weight is 584 g/mol. The normalized spacial score (nSPS) is 13.6. The van der Waals surface area contributed by atoms with Crippen LogP contribution in [0.2, 0.25) is 0 Å². The summed E-state index contributed by atoms with van der Waals surface area (Å²) < 4.78 is 26.7. The van der Waals surface area contributed by atoms with Crippen molar-refractivity contribution in [3.05, 3.63) is 149 Å². The van der Waals surface area contributed by atoms with Gasteiger partial charge >= 0.3 is 5.97 Å². The second-order valence-electron chi connectivity index (χ2n) is 11.2. The number of nitrogens with zero attached hydrogens (tertiary/aromatic N) is 3. The van der Waals surface area contributed by atoms with E-state index in [4.69, 9.17) is 14.1 Å². The summed E-state index contributed by atoms with van der Waals surface area (Å²) in [5.74, 6) is 0.0356. The van der Waals surface area contributed by atoms with Crippen molar-refractivity contribution in [3.63, 3.8) is 0 Å². The zero-order valence-corrected chi connectivity index (χ0v) is 24.0. The zero-order valence-electron chi connectivity index (χ0n) is 24.0. The number of hydrogen-bond donors (Lipinski definition) is 0. The molecule has 0 saturated carbocycles. The van der Waals surface area contributed by atoms with E-state index in [1.165, 1.54) is 17.2 Å². The number of rotatable bonds is 9. The maximum atomic E-state index is 15.2. The van der Waals surface area contributed by atoms with E-state index < -0.39 is 0 Å². The molecule has 218 valence electrons. The van der Waals surface area contributed by atoms with Crippen molar-refractivity contribution in [2.45, 2.75) is 19.4 Å². The predicted molar refractivity (Wildman–Crippen MR) is 167 cm³/mol. The summed E-state index contributed by atoms with van der Waals surface area (Å²) in [6.45, 7) is 1.66. The average Bonchev–Trinajstić information content (AvgIpc) is 3.44. The van der Waals surface area contributed by atoms with Gasteiger partial charge in [-0.2, -0.15) is 0 Å². The molecule has 6 aromatic rings. The number of carbonyl (C=O) groups excluding carboxylic acids is 1. The molecule has 0 spiro atoms. The van der Waals surface area contributed by atoms with Crippen LogP contribution in [-0.4, -0.2) is 33.9 Å². The molecule has 1 aliphatic rings. The molecule has 7 heteroatoms. The van der Waals surface area contributed by atoms with E-state index in [1.807, 2.05) is 60.7 Å². The molecule has 1 saturated heterocycles. The van der Waals surface area contributed by atoms with Gasteiger partial charge in [-0.1, -0.05) is 66.7 Å². The first-order valence-corrected chi connectivity index (χ1v) is 14.7. The van der Waals surface area contributed by atoms with Gasteiger partial charge in [0.25, 0.3) is 0 Å². The van der Waals surface area contributed by atoms with Crippen LogP contribution in [-0.2, 0) is 24.2 Å². The summed E-state index contributed by atoms with van der Waals surface area (Å²) in [4.78, 5) is 23.9. The van der Waals surface area contributed by atoms with Crippen molar-refractivity contribution < 1.29 is 18.3 Å². The van der Waals surface area contributed by atoms with E-state index in [9.17, 15) is 4.79 Å². The highest BCUT2D eigenvalue weighted by molar-refractivity contribution is 5.79. The largest absolute Gasteiger partial charge is 0.454 e. The number of aromatic nitrogens is 2. The fourth-order valence-electron chi connectivity index (χ4n) is 5.55. The van der Waals surface area contributed by atoms with Crippen LogP contribution in [0.3, 0.4) is 0 Å². The first kappa shape index (κ1) is 27.7. The molecule has 44 heavy (non-hydrogen) atoms. The molecule has 0 amide bonds. The molecule has 0 atom stereocenters. The number of likely N-dealkylation sites (tertiary alicyclic amines) is 1. The quantitative estimate of drug-likeness (QED) is 0.167. The number of pyridine rings is 2. The molecule has 4 heterocycles. The van der Waals surface area contributed by atoms with Crippen LogP contribution >= 0.6 is 0 Å². The van der Waals surface area contributed by atoms with Crippen molar-refractivity contribution >= 4 is 17.1 Å². The van der Waals surface area contributed by atoms with E-state index in [0.29, 0.717) is 47.8 Å². The highest BCUT2D eigenvalue weighted by Crippen LogP contribution is 2.31. The number of carbonyl (C=O) groups is 1. The third kappa shape index (κ3) is 6.28. The minimum atomic E-state index is -0.356. The SMILES string of the molecule is O=C(Oc1ccc(Cc2ccccc2)nc1)C1CN(Cc2ccc(-c3cc4nc(Cc5ccccc5)ccc4o3)c(F)c2)C1. The van der Waals surface area contributed by atoms with Crippen LogP contribution in [0.1, 0.15) is 28.1 Å². The lowest BCUT2D eigenvalue weighted by Gasteiger charge is -2.37. The van der Waals surface area contributed by atoms with Gasteiger partial charge in [0, 0.05) is 49.9 Å². The molecule has 6 nitrogen and oxygen atoms in total. The number of furan rings is 1. The summed E-state index contributed by atoms with van der Waals surface area (Å²) in [6, 6.07) is 34.7. The van der Waals surface area contributed by atoms with Gasteiger partial charge < -0.3 is 9.15 Å². The third-order valence-corrected chi connectivity index (χ3v) is 7.90. The third-order valence-electron chi connectivity index (χ3n) is 7.90. The Morgan fingerprint density at radius 2 is 1.52 bits per heavy atom. The minimum Gasteiger partial charge on any atom is -0.454 e. The van der Waals surface area contributed by atoms with Gasteiger partial charge in [-0.3, -0.25) is 14.7 Å². The molecule has 3 aromatic carbocycles. The van der Waals surface area contributed by atoms with Gasteiger partial charge in [0.05, 0.1) is 17.7 Å². The van der Waals surface area contributed by atoms with Crippen molar-refractivity contribution in [2.75, 3.05) is 13.1 Å². The number of hydrogen-bond acceptors (Lipinski definition) is 6. The molecule has 0 radical (unpaired) electrons. The molecule has 0 unspecified atom stereocenters. The Morgan fingerprint density at radius 1 is 0.818 bits per heavy atom. The topological polar surface area (TPSA) is 68.5 Å². The number of benzene rings is 3. The van der Waals surface area contributed by atoms with Crippen LogP contribution in [0.25, 0.3) is 22.4 Å². The van der Waals surface area contributed by atoms with Gasteiger partial charge in [0.1, 0.15) is 22.8 Å². The van der Waals surface area contributed by atoms with Gasteiger partial charge in [-0.15, -0.1) is 0 Å². The van der Waals surface area contributed by atoms with Crippen molar-refractivity contribution in [1.29, 1.82) is 0 Å². The molecule has 0 aliphatic carbocycles. The first-order chi connectivity index (χ1) is 21.6. The number of ether oxygens (including phenoxy) is 1. The van der Waals surface area contributed by atoms with Crippen molar-refractivity contribution in [2.24, 2.45) is 5.92 Å². The predicted octanol–water partition coefficient (Wildman–Crippen LogP) is 7.25. The fourth-order valence-corrected chi connectivity index (χ4v) is 5.55. The number of halogens is 1. The van der Waals surface area contributed by atoms with E-state index >= 15 is 4.39 Å². The van der Waals surface area contributed by atoms with E-state index in [2.05, 4.69) is 34.1 Å². The highest BCUT2D eigenvalue weighted by atomic mass is 19.1. The van der Waals surface area contributed by atoms with E-state index in [-0.39, 0.29) is 17.7 Å². The zero-order chi connectivity index (χ0) is 29.9. The van der Waals surface area contributed by atoms with Crippen LogP contribution in [0.4, 0.5) is 4.39 Å².